The molecule has 3 aromatic heterocycles. The van der Waals surface area contributed by atoms with Crippen LogP contribution in [0.15, 0.2) is 39.3 Å². The highest BCUT2D eigenvalue weighted by Gasteiger charge is 2.09. The van der Waals surface area contributed by atoms with Gasteiger partial charge in [-0.05, 0) is 36.1 Å². The Morgan fingerprint density at radius 3 is 2.91 bits per heavy atom. The first-order valence-electron chi connectivity index (χ1n) is 7.19. The zero-order valence-electron chi connectivity index (χ0n) is 13.0. The van der Waals surface area contributed by atoms with E-state index in [1.54, 1.807) is 24.6 Å². The molecule has 0 saturated carbocycles. The van der Waals surface area contributed by atoms with Gasteiger partial charge in [0.2, 0.25) is 5.82 Å². The van der Waals surface area contributed by atoms with Gasteiger partial charge in [-0.25, -0.2) is 4.98 Å². The summed E-state index contributed by atoms with van der Waals surface area (Å²) in [6.45, 7) is 3.35. The minimum absolute atomic E-state index is 0.497. The van der Waals surface area contributed by atoms with Crippen LogP contribution in [0.1, 0.15) is 16.3 Å². The molecule has 0 aromatic carbocycles. The molecular formula is C15H18N6OS. The van der Waals surface area contributed by atoms with Crippen LogP contribution in [0, 0.1) is 6.92 Å². The maximum Gasteiger partial charge on any atom is 0.216 e. The van der Waals surface area contributed by atoms with Gasteiger partial charge >= 0.3 is 0 Å². The molecule has 0 spiro atoms. The summed E-state index contributed by atoms with van der Waals surface area (Å²) < 4.78 is 5.27. The fourth-order valence-electron chi connectivity index (χ4n) is 2.03. The Morgan fingerprint density at radius 2 is 2.22 bits per heavy atom. The van der Waals surface area contributed by atoms with E-state index in [-0.39, 0.29) is 0 Å². The van der Waals surface area contributed by atoms with Crippen molar-refractivity contribution in [3.8, 4) is 11.6 Å². The minimum atomic E-state index is 0.497. The Labute approximate surface area is 137 Å². The fraction of sp³-hybridized carbons (Fsp3) is 0.267. The smallest absolute Gasteiger partial charge is 0.216 e. The number of nitrogens with one attached hydrogen (secondary N) is 3. The molecule has 0 saturated heterocycles. The van der Waals surface area contributed by atoms with E-state index < -0.39 is 0 Å². The monoisotopic (exact) mass is 330 g/mol. The topological polar surface area (TPSA) is 91.1 Å². The molecule has 0 amide bonds. The molecule has 7 nitrogen and oxygen atoms in total. The lowest BCUT2D eigenvalue weighted by Crippen LogP contribution is -2.36. The Balaban J connectivity index is 1.53. The average molecular weight is 330 g/mol. The van der Waals surface area contributed by atoms with Crippen LogP contribution in [-0.4, -0.2) is 28.2 Å². The van der Waals surface area contributed by atoms with E-state index >= 15 is 0 Å². The molecule has 0 bridgehead atoms. The van der Waals surface area contributed by atoms with Crippen molar-refractivity contribution >= 4 is 17.3 Å². The van der Waals surface area contributed by atoms with E-state index in [0.717, 1.165) is 6.54 Å². The van der Waals surface area contributed by atoms with E-state index in [4.69, 9.17) is 4.42 Å². The summed E-state index contributed by atoms with van der Waals surface area (Å²) in [7, 11) is 1.74. The van der Waals surface area contributed by atoms with Gasteiger partial charge in [-0.2, -0.15) is 0 Å². The van der Waals surface area contributed by atoms with Crippen molar-refractivity contribution in [3.63, 3.8) is 0 Å². The number of H-pyrrole nitrogens is 1. The van der Waals surface area contributed by atoms with Crippen LogP contribution in [0.2, 0.25) is 0 Å². The molecule has 0 fully saturated rings. The molecule has 0 radical (unpaired) electrons. The SMILES string of the molecule is CN=C(NCc1nc(-c2ccco2)n[nH]1)NCc1sccc1C. The van der Waals surface area contributed by atoms with E-state index in [1.807, 2.05) is 12.1 Å². The van der Waals surface area contributed by atoms with Gasteiger partial charge in [-0.15, -0.1) is 16.4 Å². The van der Waals surface area contributed by atoms with Crippen LogP contribution in [0.4, 0.5) is 0 Å². The molecule has 3 heterocycles. The summed E-state index contributed by atoms with van der Waals surface area (Å²) in [6.07, 6.45) is 1.60. The number of aryl methyl sites for hydroxylation is 1. The molecule has 8 heteroatoms. The molecule has 0 aliphatic heterocycles. The summed E-state index contributed by atoms with van der Waals surface area (Å²) >= 11 is 1.73. The van der Waals surface area contributed by atoms with Gasteiger partial charge in [-0.1, -0.05) is 0 Å². The highest BCUT2D eigenvalue weighted by Crippen LogP contribution is 2.15. The van der Waals surface area contributed by atoms with Crippen LogP contribution < -0.4 is 10.6 Å². The maximum atomic E-state index is 5.27. The third-order valence-corrected chi connectivity index (χ3v) is 4.33. The molecule has 3 N–H and O–H groups in total. The van der Waals surface area contributed by atoms with Gasteiger partial charge in [0.05, 0.1) is 19.4 Å². The van der Waals surface area contributed by atoms with Gasteiger partial charge < -0.3 is 15.1 Å². The predicted molar refractivity (Wildman–Crippen MR) is 90.2 cm³/mol. The molecule has 3 rings (SSSR count). The number of hydrogen-bond acceptors (Lipinski definition) is 5. The van der Waals surface area contributed by atoms with Crippen LogP contribution in [0.5, 0.6) is 0 Å². The number of guanidine groups is 1. The third-order valence-electron chi connectivity index (χ3n) is 3.30. The largest absolute Gasteiger partial charge is 0.461 e. The fourth-order valence-corrected chi connectivity index (χ4v) is 2.87. The van der Waals surface area contributed by atoms with E-state index in [9.17, 15) is 0 Å². The minimum Gasteiger partial charge on any atom is -0.461 e. The summed E-state index contributed by atoms with van der Waals surface area (Å²) in [5.74, 6) is 2.62. The Morgan fingerprint density at radius 1 is 1.35 bits per heavy atom. The molecule has 0 aliphatic carbocycles. The van der Waals surface area contributed by atoms with Crippen molar-refractivity contribution in [2.24, 2.45) is 4.99 Å². The van der Waals surface area contributed by atoms with Crippen molar-refractivity contribution in [1.82, 2.24) is 25.8 Å². The average Bonchev–Trinajstić information content (AvgIpc) is 3.28. The lowest BCUT2D eigenvalue weighted by atomic mass is 10.3. The second-order valence-corrected chi connectivity index (χ2v) is 5.89. The maximum absolute atomic E-state index is 5.27. The van der Waals surface area contributed by atoms with E-state index in [1.165, 1.54) is 10.4 Å². The van der Waals surface area contributed by atoms with E-state index in [2.05, 4.69) is 49.2 Å². The Hall–Kier alpha value is -2.61. The zero-order chi connectivity index (χ0) is 16.1. The first kappa shape index (κ1) is 15.3. The lowest BCUT2D eigenvalue weighted by molar-refractivity contribution is 0.577. The molecule has 0 aliphatic rings. The van der Waals surface area contributed by atoms with Gasteiger partial charge in [-0.3, -0.25) is 10.1 Å². The number of aromatic nitrogens is 3. The molecule has 23 heavy (non-hydrogen) atoms. The molecule has 0 atom stereocenters. The molecule has 0 unspecified atom stereocenters. The Bertz CT molecular complexity index is 774. The zero-order valence-corrected chi connectivity index (χ0v) is 13.8. The van der Waals surface area contributed by atoms with Gasteiger partial charge in [0.1, 0.15) is 5.82 Å². The second kappa shape index (κ2) is 7.10. The predicted octanol–water partition coefficient (Wildman–Crippen LogP) is 2.30. The highest BCUT2D eigenvalue weighted by atomic mass is 32.1. The number of rotatable bonds is 5. The van der Waals surface area contributed by atoms with Crippen molar-refractivity contribution in [3.05, 3.63) is 46.1 Å². The van der Waals surface area contributed by atoms with Crippen LogP contribution in [-0.2, 0) is 13.1 Å². The summed E-state index contributed by atoms with van der Waals surface area (Å²) in [4.78, 5) is 9.89. The first-order chi connectivity index (χ1) is 11.3. The van der Waals surface area contributed by atoms with Crippen molar-refractivity contribution in [2.75, 3.05) is 7.05 Å². The third kappa shape index (κ3) is 3.78. The summed E-state index contributed by atoms with van der Waals surface area (Å²) in [6, 6.07) is 5.74. The van der Waals surface area contributed by atoms with Crippen molar-refractivity contribution < 1.29 is 4.42 Å². The summed E-state index contributed by atoms with van der Waals surface area (Å²) in [5, 5.41) is 15.6. The normalized spacial score (nSPS) is 11.7. The van der Waals surface area contributed by atoms with E-state index in [0.29, 0.717) is 29.9 Å². The van der Waals surface area contributed by atoms with Gasteiger partial charge in [0, 0.05) is 11.9 Å². The number of aromatic amines is 1. The van der Waals surface area contributed by atoms with Gasteiger partial charge in [0.25, 0.3) is 0 Å². The van der Waals surface area contributed by atoms with Crippen molar-refractivity contribution in [1.29, 1.82) is 0 Å². The standard InChI is InChI=1S/C15H18N6OS/c1-10-5-7-23-12(10)8-17-15(16-2)18-9-13-19-14(21-20-13)11-4-3-6-22-11/h3-7H,8-9H2,1-2H3,(H2,16,17,18)(H,19,20,21). The van der Waals surface area contributed by atoms with Crippen LogP contribution in [0.25, 0.3) is 11.6 Å². The Kier molecular flexibility index (Phi) is 4.72. The highest BCUT2D eigenvalue weighted by molar-refractivity contribution is 7.10. The molecular weight excluding hydrogens is 312 g/mol. The molecule has 3 aromatic rings. The summed E-state index contributed by atoms with van der Waals surface area (Å²) in [5.41, 5.74) is 1.29. The first-order valence-corrected chi connectivity index (χ1v) is 8.07. The number of furan rings is 1. The van der Waals surface area contributed by atoms with Crippen molar-refractivity contribution in [2.45, 2.75) is 20.0 Å². The number of hydrogen-bond donors (Lipinski definition) is 3. The quantitative estimate of drug-likeness (QED) is 0.493. The number of aliphatic imine (C=N–C) groups is 1. The van der Waals surface area contributed by atoms with Crippen LogP contribution in [0.3, 0.4) is 0 Å². The number of nitrogens with zero attached hydrogens (tertiary/aromatic N) is 3. The lowest BCUT2D eigenvalue weighted by Gasteiger charge is -2.10. The van der Waals surface area contributed by atoms with Gasteiger partial charge in [0.15, 0.2) is 11.7 Å². The second-order valence-electron chi connectivity index (χ2n) is 4.89. The number of thiophene rings is 1. The van der Waals surface area contributed by atoms with Crippen LogP contribution >= 0.6 is 11.3 Å². The molecule has 120 valence electrons.